The van der Waals surface area contributed by atoms with Crippen LogP contribution in [0.5, 0.6) is 0 Å². The predicted molar refractivity (Wildman–Crippen MR) is 117 cm³/mol. The summed E-state index contributed by atoms with van der Waals surface area (Å²) in [4.78, 5) is 43.4. The van der Waals surface area contributed by atoms with Crippen LogP contribution in [0.2, 0.25) is 0 Å². The Morgan fingerprint density at radius 2 is 1.90 bits per heavy atom. The molecule has 0 radical (unpaired) electrons. The molecule has 0 bridgehead atoms. The van der Waals surface area contributed by atoms with Crippen LogP contribution in [0, 0.1) is 5.92 Å². The van der Waals surface area contributed by atoms with Crippen LogP contribution in [-0.4, -0.2) is 52.2 Å². The maximum absolute atomic E-state index is 13.5. The average molecular weight is 413 g/mol. The monoisotopic (exact) mass is 412 g/mol. The average Bonchev–Trinajstić information content (AvgIpc) is 3.33. The van der Waals surface area contributed by atoms with Gasteiger partial charge in [-0.3, -0.25) is 14.4 Å². The number of nitrogens with zero attached hydrogens (tertiary/aromatic N) is 1. The third kappa shape index (κ3) is 4.26. The van der Waals surface area contributed by atoms with Crippen molar-refractivity contribution in [3.8, 4) is 0 Å². The highest BCUT2D eigenvalue weighted by atomic mass is 16.2. The lowest BCUT2D eigenvalue weighted by atomic mass is 9.86. The van der Waals surface area contributed by atoms with Gasteiger partial charge in [-0.1, -0.05) is 32.0 Å². The fourth-order valence-electron chi connectivity index (χ4n) is 4.44. The van der Waals surface area contributed by atoms with Crippen molar-refractivity contribution in [3.63, 3.8) is 0 Å². The molecule has 1 unspecified atom stereocenters. The lowest BCUT2D eigenvalue weighted by Gasteiger charge is -2.34. The minimum atomic E-state index is -0.690. The molecule has 0 aliphatic carbocycles. The first-order valence-corrected chi connectivity index (χ1v) is 10.6. The van der Waals surface area contributed by atoms with Crippen LogP contribution < -0.4 is 11.1 Å². The quantitative estimate of drug-likeness (QED) is 0.648. The van der Waals surface area contributed by atoms with Gasteiger partial charge in [0.25, 0.3) is 0 Å². The molecule has 1 saturated heterocycles. The molecule has 162 valence electrons. The Hall–Kier alpha value is -2.67. The van der Waals surface area contributed by atoms with Gasteiger partial charge in [0.1, 0.15) is 11.8 Å². The lowest BCUT2D eigenvalue weighted by Crippen LogP contribution is -2.56. The molecule has 3 rings (SSSR count). The first-order chi connectivity index (χ1) is 14.2. The molecule has 7 heteroatoms. The smallest absolute Gasteiger partial charge is 0.245 e. The van der Waals surface area contributed by atoms with Crippen molar-refractivity contribution in [1.82, 2.24) is 15.2 Å². The zero-order valence-corrected chi connectivity index (χ0v) is 18.1. The van der Waals surface area contributed by atoms with Crippen LogP contribution in [0.15, 0.2) is 30.5 Å². The summed E-state index contributed by atoms with van der Waals surface area (Å²) < 4.78 is 0. The van der Waals surface area contributed by atoms with Gasteiger partial charge < -0.3 is 20.9 Å². The van der Waals surface area contributed by atoms with Gasteiger partial charge in [0.05, 0.1) is 12.0 Å². The number of H-pyrrole nitrogens is 1. The maximum atomic E-state index is 13.5. The highest BCUT2D eigenvalue weighted by Crippen LogP contribution is 2.36. The Bertz CT molecular complexity index is 933. The van der Waals surface area contributed by atoms with Crippen molar-refractivity contribution in [1.29, 1.82) is 0 Å². The van der Waals surface area contributed by atoms with Gasteiger partial charge in [-0.2, -0.15) is 0 Å². The molecule has 0 spiro atoms. The largest absolute Gasteiger partial charge is 0.361 e. The molecule has 4 N–H and O–H groups in total. The van der Waals surface area contributed by atoms with E-state index in [1.165, 1.54) is 0 Å². The first-order valence-electron chi connectivity index (χ1n) is 10.6. The van der Waals surface area contributed by atoms with E-state index in [2.05, 4.69) is 10.3 Å². The molecule has 4 atom stereocenters. The lowest BCUT2D eigenvalue weighted by molar-refractivity contribution is -0.139. The number of fused-ring (bicyclic) bond motifs is 1. The second-order valence-corrected chi connectivity index (χ2v) is 8.64. The number of amides is 2. The summed E-state index contributed by atoms with van der Waals surface area (Å²) in [7, 11) is 0. The van der Waals surface area contributed by atoms with Gasteiger partial charge in [0.2, 0.25) is 11.8 Å². The first kappa shape index (κ1) is 22.0. The number of ketones is 1. The van der Waals surface area contributed by atoms with Crippen molar-refractivity contribution in [2.45, 2.75) is 64.6 Å². The number of benzene rings is 1. The van der Waals surface area contributed by atoms with Crippen LogP contribution in [0.4, 0.5) is 0 Å². The molecule has 1 fully saturated rings. The Morgan fingerprint density at radius 3 is 2.53 bits per heavy atom. The summed E-state index contributed by atoms with van der Waals surface area (Å²) in [5.74, 6) is -0.967. The number of nitrogens with one attached hydrogen (secondary N) is 2. The topological polar surface area (TPSA) is 108 Å². The number of para-hydroxylation sites is 1. The third-order valence-electron chi connectivity index (χ3n) is 6.01. The molecule has 2 heterocycles. The van der Waals surface area contributed by atoms with E-state index in [0.717, 1.165) is 29.3 Å². The molecule has 30 heavy (non-hydrogen) atoms. The highest BCUT2D eigenvalue weighted by Gasteiger charge is 2.41. The van der Waals surface area contributed by atoms with Gasteiger partial charge in [-0.05, 0) is 44.2 Å². The minimum Gasteiger partial charge on any atom is -0.361 e. The van der Waals surface area contributed by atoms with Crippen LogP contribution in [0.25, 0.3) is 10.9 Å². The Kier molecular flexibility index (Phi) is 6.61. The fraction of sp³-hybridized carbons (Fsp3) is 0.522. The van der Waals surface area contributed by atoms with E-state index in [-0.39, 0.29) is 29.6 Å². The van der Waals surface area contributed by atoms with E-state index in [9.17, 15) is 14.4 Å². The van der Waals surface area contributed by atoms with Crippen LogP contribution in [0.3, 0.4) is 0 Å². The molecule has 2 amide bonds. The van der Waals surface area contributed by atoms with E-state index in [4.69, 9.17) is 5.73 Å². The number of carbonyl (C=O) groups excluding carboxylic acids is 3. The van der Waals surface area contributed by atoms with E-state index in [1.54, 1.807) is 18.7 Å². The number of nitrogens with two attached hydrogens (primary N) is 1. The van der Waals surface area contributed by atoms with Crippen LogP contribution in [-0.2, 0) is 14.4 Å². The summed E-state index contributed by atoms with van der Waals surface area (Å²) in [5, 5.41) is 3.80. The van der Waals surface area contributed by atoms with E-state index in [1.807, 2.05) is 44.3 Å². The van der Waals surface area contributed by atoms with Gasteiger partial charge >= 0.3 is 0 Å². The molecule has 7 nitrogen and oxygen atoms in total. The van der Waals surface area contributed by atoms with Crippen molar-refractivity contribution >= 4 is 28.5 Å². The van der Waals surface area contributed by atoms with Crippen molar-refractivity contribution in [2.24, 2.45) is 11.7 Å². The van der Waals surface area contributed by atoms with Gasteiger partial charge in [0, 0.05) is 29.7 Å². The molecular formula is C23H32N4O3. The van der Waals surface area contributed by atoms with Crippen molar-refractivity contribution in [2.75, 3.05) is 6.54 Å². The zero-order valence-electron chi connectivity index (χ0n) is 18.1. The maximum Gasteiger partial charge on any atom is 0.245 e. The van der Waals surface area contributed by atoms with E-state index < -0.39 is 18.0 Å². The normalized spacial score (nSPS) is 19.7. The fourth-order valence-corrected chi connectivity index (χ4v) is 4.44. The molecule has 2 aromatic rings. The number of hydrogen-bond donors (Lipinski definition) is 3. The molecule has 1 aliphatic rings. The van der Waals surface area contributed by atoms with Gasteiger partial charge in [-0.15, -0.1) is 0 Å². The second-order valence-electron chi connectivity index (χ2n) is 8.64. The summed E-state index contributed by atoms with van der Waals surface area (Å²) >= 11 is 0. The van der Waals surface area contributed by atoms with E-state index in [0.29, 0.717) is 6.54 Å². The van der Waals surface area contributed by atoms with E-state index >= 15 is 0 Å². The Balaban J connectivity index is 1.92. The number of carbonyl (C=O) groups is 3. The number of Topliss-reactive ketones (excluding diaryl/α,β-unsaturated/α-hetero) is 1. The number of aromatic amines is 1. The molecule has 1 aromatic heterocycles. The second kappa shape index (κ2) is 9.00. The minimum absolute atomic E-state index is 0.0326. The van der Waals surface area contributed by atoms with Crippen LogP contribution in [0.1, 0.15) is 52.0 Å². The zero-order chi connectivity index (χ0) is 22.0. The SMILES string of the molecule is CC(=O)C(c1c[nH]c2ccccc12)[C@@H]1CCCN1C(=O)[C@@H](NC(=O)[C@H](C)N)C(C)C. The summed E-state index contributed by atoms with van der Waals surface area (Å²) in [6, 6.07) is 6.29. The number of likely N-dealkylation sites (tertiary alicyclic amines) is 1. The molecule has 1 aliphatic heterocycles. The third-order valence-corrected chi connectivity index (χ3v) is 6.01. The van der Waals surface area contributed by atoms with Crippen LogP contribution >= 0.6 is 0 Å². The standard InChI is InChI=1S/C23H32N4O3/c1-13(2)21(26-22(29)14(3)24)23(30)27-11-7-10-19(27)20(15(4)28)17-12-25-18-9-6-5-8-16(17)18/h5-6,8-9,12-14,19-21,25H,7,10-11,24H2,1-4H3,(H,26,29)/t14-,19-,20?,21-/m0/s1. The Labute approximate surface area is 177 Å². The van der Waals surface area contributed by atoms with Gasteiger partial charge in [0.15, 0.2) is 0 Å². The molecule has 1 aromatic carbocycles. The number of aromatic nitrogens is 1. The highest BCUT2D eigenvalue weighted by molar-refractivity contribution is 5.94. The number of hydrogen-bond acceptors (Lipinski definition) is 4. The summed E-state index contributed by atoms with van der Waals surface area (Å²) in [6.07, 6.45) is 3.46. The molecular weight excluding hydrogens is 380 g/mol. The Morgan fingerprint density at radius 1 is 1.20 bits per heavy atom. The van der Waals surface area contributed by atoms with Gasteiger partial charge in [-0.25, -0.2) is 0 Å². The summed E-state index contributed by atoms with van der Waals surface area (Å²) in [5.41, 5.74) is 7.58. The predicted octanol–water partition coefficient (Wildman–Crippen LogP) is 2.32. The van der Waals surface area contributed by atoms with Crippen molar-refractivity contribution < 1.29 is 14.4 Å². The summed E-state index contributed by atoms with van der Waals surface area (Å²) in [6.45, 7) is 7.56. The van der Waals surface area contributed by atoms with Crippen molar-refractivity contribution in [3.05, 3.63) is 36.0 Å². The molecule has 0 saturated carbocycles. The number of rotatable bonds is 7.